The van der Waals surface area contributed by atoms with Crippen molar-refractivity contribution in [2.45, 2.75) is 79.4 Å². The van der Waals surface area contributed by atoms with Gasteiger partial charge in [-0.15, -0.1) is 0 Å². The van der Waals surface area contributed by atoms with Gasteiger partial charge in [-0.25, -0.2) is 5.09 Å². The lowest BCUT2D eigenvalue weighted by atomic mass is 10.0. The summed E-state index contributed by atoms with van der Waals surface area (Å²) in [7, 11) is -3.49. The minimum atomic E-state index is -3.49. The van der Waals surface area contributed by atoms with Gasteiger partial charge >= 0.3 is 13.5 Å². The van der Waals surface area contributed by atoms with Crippen LogP contribution in [-0.4, -0.2) is 31.1 Å². The molecule has 0 heterocycles. The Balaban J connectivity index is 3.17. The van der Waals surface area contributed by atoms with Crippen LogP contribution in [-0.2, 0) is 31.7 Å². The van der Waals surface area contributed by atoms with Gasteiger partial charge in [0.05, 0.1) is 6.10 Å². The fraction of sp³-hybridized carbons (Fsp3) is 0.667. The zero-order valence-corrected chi connectivity index (χ0v) is 19.0. The number of benzene rings is 1. The van der Waals surface area contributed by atoms with Crippen LogP contribution in [0.15, 0.2) is 18.2 Å². The highest BCUT2D eigenvalue weighted by Crippen LogP contribution is 2.46. The molecule has 160 valence electrons. The van der Waals surface area contributed by atoms with Crippen LogP contribution < -0.4 is 9.61 Å². The first-order valence-corrected chi connectivity index (χ1v) is 12.0. The van der Waals surface area contributed by atoms with Crippen LogP contribution in [0.2, 0.25) is 0 Å². The van der Waals surface area contributed by atoms with Crippen molar-refractivity contribution in [2.24, 2.45) is 0 Å². The molecule has 0 saturated heterocycles. The molecule has 0 radical (unpaired) electrons. The van der Waals surface area contributed by atoms with Gasteiger partial charge in [-0.3, -0.25) is 9.36 Å². The number of esters is 1. The van der Waals surface area contributed by atoms with Crippen molar-refractivity contribution in [3.05, 3.63) is 29.3 Å². The second-order valence-electron chi connectivity index (χ2n) is 7.13. The Labute approximate surface area is 169 Å². The molecule has 0 spiro atoms. The van der Waals surface area contributed by atoms with Gasteiger partial charge in [0.2, 0.25) is 0 Å². The summed E-state index contributed by atoms with van der Waals surface area (Å²) >= 11 is 0. The summed E-state index contributed by atoms with van der Waals surface area (Å²) in [5.41, 5.74) is 2.04. The molecule has 1 N–H and O–H groups in total. The Morgan fingerprint density at radius 1 is 1.07 bits per heavy atom. The van der Waals surface area contributed by atoms with Gasteiger partial charge in [0.15, 0.2) is 0 Å². The first-order chi connectivity index (χ1) is 13.3. The molecule has 1 aromatic carbocycles. The Kier molecular flexibility index (Phi) is 10.8. The van der Waals surface area contributed by atoms with E-state index in [-0.39, 0.29) is 12.5 Å². The van der Waals surface area contributed by atoms with Crippen LogP contribution in [0.3, 0.4) is 0 Å². The summed E-state index contributed by atoms with van der Waals surface area (Å²) in [6.45, 7) is 11.6. The van der Waals surface area contributed by atoms with Crippen LogP contribution in [0.1, 0.15) is 65.5 Å². The van der Waals surface area contributed by atoms with Crippen LogP contribution in [0.5, 0.6) is 5.75 Å². The molecule has 0 aliphatic heterocycles. The largest absolute Gasteiger partial charge is 0.462 e. The maximum Gasteiger partial charge on any atom is 0.342 e. The molecule has 0 bridgehead atoms. The molecule has 1 unspecified atom stereocenters. The normalized spacial score (nSPS) is 14.5. The SMILES string of the molecule is CCCc1cccc(CCC)c1OP(=O)(COCC)N[C@@H](C)C(=O)OC(C)C. The van der Waals surface area contributed by atoms with Crippen molar-refractivity contribution in [2.75, 3.05) is 13.0 Å². The molecule has 0 aromatic heterocycles. The minimum absolute atomic E-state index is 0.116. The second-order valence-corrected chi connectivity index (χ2v) is 9.17. The Bertz CT molecular complexity index is 638. The molecule has 1 rings (SSSR count). The standard InChI is InChI=1S/C21H36NO5P/c1-7-11-18-13-10-14-19(12-8-2)20(18)27-28(24,15-25-9-3)22-17(6)21(23)26-16(4)5/h10,13-14,16-17H,7-9,11-12,15H2,1-6H3,(H,22,24)/t17-,28?/m0/s1. The lowest BCUT2D eigenvalue weighted by Gasteiger charge is -2.26. The van der Waals surface area contributed by atoms with Crippen molar-refractivity contribution in [3.63, 3.8) is 0 Å². The van der Waals surface area contributed by atoms with Gasteiger partial charge in [-0.05, 0) is 51.7 Å². The van der Waals surface area contributed by atoms with E-state index in [1.54, 1.807) is 20.8 Å². The average molecular weight is 413 g/mol. The molecule has 0 aliphatic carbocycles. The fourth-order valence-corrected chi connectivity index (χ4v) is 4.65. The molecule has 0 saturated carbocycles. The zero-order chi connectivity index (χ0) is 21.2. The summed E-state index contributed by atoms with van der Waals surface area (Å²) in [4.78, 5) is 12.2. The van der Waals surface area contributed by atoms with Crippen LogP contribution >= 0.6 is 7.52 Å². The van der Waals surface area contributed by atoms with E-state index in [1.807, 2.05) is 25.1 Å². The summed E-state index contributed by atoms with van der Waals surface area (Å²) in [6, 6.07) is 5.23. The predicted molar refractivity (Wildman–Crippen MR) is 113 cm³/mol. The van der Waals surface area contributed by atoms with Gasteiger partial charge in [0.1, 0.15) is 18.1 Å². The first-order valence-electron chi connectivity index (χ1n) is 10.2. The lowest BCUT2D eigenvalue weighted by Crippen LogP contribution is -2.36. The van der Waals surface area contributed by atoms with E-state index in [2.05, 4.69) is 18.9 Å². The molecular formula is C21H36NO5P. The molecule has 1 aromatic rings. The molecular weight excluding hydrogens is 377 g/mol. The van der Waals surface area contributed by atoms with Crippen LogP contribution in [0.25, 0.3) is 0 Å². The van der Waals surface area contributed by atoms with E-state index in [0.717, 1.165) is 36.8 Å². The number of hydrogen-bond acceptors (Lipinski definition) is 5. The monoisotopic (exact) mass is 413 g/mol. The lowest BCUT2D eigenvalue weighted by molar-refractivity contribution is -0.149. The van der Waals surface area contributed by atoms with E-state index in [9.17, 15) is 9.36 Å². The maximum atomic E-state index is 13.6. The second kappa shape index (κ2) is 12.3. The summed E-state index contributed by atoms with van der Waals surface area (Å²) in [5, 5.41) is 2.85. The van der Waals surface area contributed by atoms with Crippen molar-refractivity contribution in [1.82, 2.24) is 5.09 Å². The number of para-hydroxylation sites is 1. The molecule has 0 fully saturated rings. The maximum absolute atomic E-state index is 13.6. The number of carbonyl (C=O) groups is 1. The number of nitrogens with one attached hydrogen (secondary N) is 1. The number of ether oxygens (including phenoxy) is 2. The van der Waals surface area contributed by atoms with Crippen molar-refractivity contribution < 1.29 is 23.4 Å². The molecule has 6 nitrogen and oxygen atoms in total. The average Bonchev–Trinajstić information content (AvgIpc) is 2.62. The smallest absolute Gasteiger partial charge is 0.342 e. The Morgan fingerprint density at radius 2 is 1.64 bits per heavy atom. The number of carbonyl (C=O) groups excluding carboxylic acids is 1. The van der Waals surface area contributed by atoms with Gasteiger partial charge in [0.25, 0.3) is 0 Å². The molecule has 28 heavy (non-hydrogen) atoms. The topological polar surface area (TPSA) is 73.9 Å². The van der Waals surface area contributed by atoms with Gasteiger partial charge in [0, 0.05) is 6.61 Å². The van der Waals surface area contributed by atoms with E-state index >= 15 is 0 Å². The highest BCUT2D eigenvalue weighted by Gasteiger charge is 2.32. The summed E-state index contributed by atoms with van der Waals surface area (Å²) in [6.07, 6.45) is 3.19. The van der Waals surface area contributed by atoms with Gasteiger partial charge in [-0.2, -0.15) is 0 Å². The third-order valence-corrected chi connectivity index (χ3v) is 5.80. The van der Waals surface area contributed by atoms with E-state index in [0.29, 0.717) is 12.4 Å². The number of rotatable bonds is 13. The van der Waals surface area contributed by atoms with Crippen molar-refractivity contribution >= 4 is 13.5 Å². The highest BCUT2D eigenvalue weighted by molar-refractivity contribution is 7.57. The minimum Gasteiger partial charge on any atom is -0.462 e. The third kappa shape index (κ3) is 7.94. The van der Waals surface area contributed by atoms with Gasteiger partial charge < -0.3 is 14.0 Å². The van der Waals surface area contributed by atoms with E-state index < -0.39 is 19.5 Å². The van der Waals surface area contributed by atoms with Crippen LogP contribution in [0.4, 0.5) is 0 Å². The number of hydrogen-bond donors (Lipinski definition) is 1. The third-order valence-electron chi connectivity index (χ3n) is 4.02. The number of aryl methyl sites for hydroxylation is 2. The molecule has 2 atom stereocenters. The Morgan fingerprint density at radius 3 is 2.11 bits per heavy atom. The summed E-state index contributed by atoms with van der Waals surface area (Å²) < 4.78 is 30.3. The van der Waals surface area contributed by atoms with E-state index in [1.165, 1.54) is 0 Å². The van der Waals surface area contributed by atoms with Crippen molar-refractivity contribution in [3.8, 4) is 5.75 Å². The Hall–Kier alpha value is -1.36. The van der Waals surface area contributed by atoms with Gasteiger partial charge in [-0.1, -0.05) is 44.9 Å². The highest BCUT2D eigenvalue weighted by atomic mass is 31.2. The van der Waals surface area contributed by atoms with Crippen molar-refractivity contribution in [1.29, 1.82) is 0 Å². The molecule has 7 heteroatoms. The van der Waals surface area contributed by atoms with Crippen LogP contribution in [0, 0.1) is 0 Å². The molecule has 0 amide bonds. The fourth-order valence-electron chi connectivity index (χ4n) is 2.82. The van der Waals surface area contributed by atoms with E-state index in [4.69, 9.17) is 14.0 Å². The summed E-state index contributed by atoms with van der Waals surface area (Å²) in [5.74, 6) is 0.178. The zero-order valence-electron chi connectivity index (χ0n) is 18.1. The molecule has 0 aliphatic rings. The predicted octanol–water partition coefficient (Wildman–Crippen LogP) is 5.09. The first kappa shape index (κ1) is 24.7. The quantitative estimate of drug-likeness (QED) is 0.359.